The highest BCUT2D eigenvalue weighted by Gasteiger charge is 2.27. The minimum absolute atomic E-state index is 0.000144. The highest BCUT2D eigenvalue weighted by molar-refractivity contribution is 7.47. The summed E-state index contributed by atoms with van der Waals surface area (Å²) < 4.78 is 32.5. The largest absolute Gasteiger partial charge is 0.472 e. The van der Waals surface area contributed by atoms with E-state index in [9.17, 15) is 34.4 Å². The second kappa shape index (κ2) is 37.6. The molecule has 0 aromatic rings. The van der Waals surface area contributed by atoms with Gasteiger partial charge < -0.3 is 34.8 Å². The van der Waals surface area contributed by atoms with E-state index in [2.05, 4.69) is 18.4 Å². The molecule has 0 rings (SSSR count). The van der Waals surface area contributed by atoms with Crippen molar-refractivity contribution in [2.45, 2.75) is 161 Å². The monoisotopic (exact) mass is 826 g/mol. The van der Waals surface area contributed by atoms with E-state index >= 15 is 0 Å². The van der Waals surface area contributed by atoms with Gasteiger partial charge in [-0.2, -0.15) is 0 Å². The maximum Gasteiger partial charge on any atom is 0.472 e. The molecule has 0 amide bonds. The number of unbranched alkanes of at least 4 members (excludes halogenated alkanes) is 9. The molecule has 0 radical (unpaired) electrons. The van der Waals surface area contributed by atoms with E-state index in [1.54, 1.807) is 42.5 Å². The fraction of sp³-hybridized carbons (Fsp3) is 0.682. The molecule has 0 fully saturated rings. The van der Waals surface area contributed by atoms with E-state index in [0.29, 0.717) is 32.1 Å². The summed E-state index contributed by atoms with van der Waals surface area (Å²) in [6.07, 6.45) is 33.9. The Labute approximate surface area is 343 Å². The summed E-state index contributed by atoms with van der Waals surface area (Å²) in [5.74, 6) is -0.323. The third kappa shape index (κ3) is 38.6. The number of aliphatic hydroxyl groups is 4. The van der Waals surface area contributed by atoms with E-state index in [1.807, 2.05) is 37.3 Å². The number of esters is 2. The predicted octanol–water partition coefficient (Wildman–Crippen LogP) is 8.68. The van der Waals surface area contributed by atoms with Gasteiger partial charge in [-0.05, 0) is 44.4 Å². The Morgan fingerprint density at radius 1 is 0.649 bits per heavy atom. The van der Waals surface area contributed by atoms with Crippen LogP contribution in [0.4, 0.5) is 0 Å². The molecule has 57 heavy (non-hydrogen) atoms. The van der Waals surface area contributed by atoms with Gasteiger partial charge in [-0.3, -0.25) is 18.6 Å². The molecule has 0 aliphatic rings. The number of hydrogen-bond acceptors (Lipinski definition) is 11. The van der Waals surface area contributed by atoms with Crippen LogP contribution in [-0.2, 0) is 32.7 Å². The smallest absolute Gasteiger partial charge is 0.462 e. The van der Waals surface area contributed by atoms with Gasteiger partial charge in [0, 0.05) is 12.8 Å². The van der Waals surface area contributed by atoms with E-state index in [-0.39, 0.29) is 19.4 Å². The molecule has 0 heterocycles. The average molecular weight is 827 g/mol. The first kappa shape index (κ1) is 54.3. The predicted molar refractivity (Wildman–Crippen MR) is 226 cm³/mol. The minimum atomic E-state index is -4.67. The quantitative estimate of drug-likeness (QED) is 0.0132. The number of rotatable bonds is 37. The Morgan fingerprint density at radius 2 is 1.19 bits per heavy atom. The number of aliphatic hydroxyl groups excluding tert-OH is 4. The van der Waals surface area contributed by atoms with Gasteiger partial charge in [0.25, 0.3) is 0 Å². The van der Waals surface area contributed by atoms with Crippen molar-refractivity contribution in [1.29, 1.82) is 0 Å². The fourth-order valence-corrected chi connectivity index (χ4v) is 5.99. The number of allylic oxidation sites excluding steroid dienone is 8. The summed E-state index contributed by atoms with van der Waals surface area (Å²) >= 11 is 0. The van der Waals surface area contributed by atoms with Crippen LogP contribution in [0.1, 0.15) is 136 Å². The molecule has 0 aliphatic heterocycles. The van der Waals surface area contributed by atoms with Crippen molar-refractivity contribution in [2.24, 2.45) is 5.92 Å². The van der Waals surface area contributed by atoms with Crippen molar-refractivity contribution < 1.29 is 58.0 Å². The van der Waals surface area contributed by atoms with Gasteiger partial charge in [-0.1, -0.05) is 158 Å². The van der Waals surface area contributed by atoms with Crippen LogP contribution in [0.25, 0.3) is 0 Å². The highest BCUT2D eigenvalue weighted by atomic mass is 31.2. The molecule has 13 heteroatoms. The molecule has 328 valence electrons. The molecule has 0 aromatic carbocycles. The first-order valence-electron chi connectivity index (χ1n) is 21.0. The summed E-state index contributed by atoms with van der Waals surface area (Å²) in [6, 6.07) is 0. The Balaban J connectivity index is 4.58. The SMILES string of the molecule is CC/C=C\C[C@H](O)/C=C/C=C\C=C\[C@H](O)C/C=C\C/C=C\CCC(=O)O[C@H](COC(=O)CCCCCCCCCCCCC(C)C)COP(=O)(O)OC[C@@H](O)CO. The van der Waals surface area contributed by atoms with E-state index in [1.165, 1.54) is 44.9 Å². The van der Waals surface area contributed by atoms with Crippen LogP contribution in [0.15, 0.2) is 72.9 Å². The first-order valence-corrected chi connectivity index (χ1v) is 22.5. The molecule has 0 aliphatic carbocycles. The van der Waals surface area contributed by atoms with Crippen LogP contribution in [0.5, 0.6) is 0 Å². The third-order valence-corrected chi connectivity index (χ3v) is 9.43. The normalized spacial score (nSPS) is 15.8. The molecular weight excluding hydrogens is 751 g/mol. The van der Waals surface area contributed by atoms with E-state index < -0.39 is 64.0 Å². The Bertz CT molecular complexity index is 1230. The minimum Gasteiger partial charge on any atom is -0.462 e. The van der Waals surface area contributed by atoms with Crippen LogP contribution in [0.2, 0.25) is 0 Å². The lowest BCUT2D eigenvalue weighted by Crippen LogP contribution is -2.29. The molecule has 0 saturated heterocycles. The zero-order valence-corrected chi connectivity index (χ0v) is 35.8. The van der Waals surface area contributed by atoms with Crippen molar-refractivity contribution in [1.82, 2.24) is 0 Å². The first-order chi connectivity index (χ1) is 27.4. The lowest BCUT2D eigenvalue weighted by Gasteiger charge is -2.20. The summed E-state index contributed by atoms with van der Waals surface area (Å²) in [5.41, 5.74) is 0. The molecule has 5 atom stereocenters. The standard InChI is InChI=1S/C44H75O12P/c1-4-5-20-28-39(46)30-23-18-19-24-31-40(47)29-22-15-12-13-17-26-33-44(50)56-42(37-55-57(51,52)54-35-41(48)34-45)36-53-43(49)32-25-16-11-9-7-6-8-10-14-21-27-38(2)3/h5,13,15,17-20,22-24,30-31,38-42,45-48H,4,6-12,14,16,21,25-29,32-37H2,1-3H3,(H,51,52)/b17-13-,19-18-,20-5-,22-15-,30-23+,31-24+/t39-,40+,41-,42+/m0/s1. The van der Waals surface area contributed by atoms with Gasteiger partial charge in [-0.15, -0.1) is 0 Å². The number of ether oxygens (including phenoxy) is 2. The van der Waals surface area contributed by atoms with Gasteiger partial charge >= 0.3 is 19.8 Å². The van der Waals surface area contributed by atoms with Gasteiger partial charge in [0.2, 0.25) is 0 Å². The van der Waals surface area contributed by atoms with E-state index in [0.717, 1.165) is 31.6 Å². The zero-order chi connectivity index (χ0) is 42.4. The Hall–Kier alpha value is -2.67. The number of phosphoric ester groups is 1. The molecular formula is C44H75O12P. The molecule has 1 unspecified atom stereocenters. The number of hydrogen-bond donors (Lipinski definition) is 5. The van der Waals surface area contributed by atoms with Crippen LogP contribution in [0.3, 0.4) is 0 Å². The molecule has 0 aromatic heterocycles. The summed E-state index contributed by atoms with van der Waals surface area (Å²) in [7, 11) is -4.67. The molecule has 12 nitrogen and oxygen atoms in total. The zero-order valence-electron chi connectivity index (χ0n) is 34.9. The lowest BCUT2D eigenvalue weighted by molar-refractivity contribution is -0.161. The number of carbonyl (C=O) groups is 2. The van der Waals surface area contributed by atoms with Crippen molar-refractivity contribution >= 4 is 19.8 Å². The van der Waals surface area contributed by atoms with Crippen molar-refractivity contribution in [3.63, 3.8) is 0 Å². The molecule has 5 N–H and O–H groups in total. The van der Waals surface area contributed by atoms with Crippen LogP contribution < -0.4 is 0 Å². The van der Waals surface area contributed by atoms with Crippen molar-refractivity contribution in [3.8, 4) is 0 Å². The Morgan fingerprint density at radius 3 is 1.77 bits per heavy atom. The maximum absolute atomic E-state index is 12.6. The Kier molecular flexibility index (Phi) is 35.8. The fourth-order valence-electron chi connectivity index (χ4n) is 5.20. The van der Waals surface area contributed by atoms with Crippen molar-refractivity contribution in [2.75, 3.05) is 26.4 Å². The van der Waals surface area contributed by atoms with Gasteiger partial charge in [0.05, 0.1) is 32.0 Å². The van der Waals surface area contributed by atoms with Crippen LogP contribution in [0, 0.1) is 5.92 Å². The summed E-state index contributed by atoms with van der Waals surface area (Å²) in [4.78, 5) is 34.9. The summed E-state index contributed by atoms with van der Waals surface area (Å²) in [6.45, 7) is 4.26. The average Bonchev–Trinajstić information content (AvgIpc) is 3.17. The molecule has 0 bridgehead atoms. The van der Waals surface area contributed by atoms with Crippen LogP contribution >= 0.6 is 7.82 Å². The second-order valence-corrected chi connectivity index (χ2v) is 16.0. The summed E-state index contributed by atoms with van der Waals surface area (Å²) in [5, 5.41) is 38.2. The number of carbonyl (C=O) groups excluding carboxylic acids is 2. The molecule has 0 spiro atoms. The maximum atomic E-state index is 12.6. The highest BCUT2D eigenvalue weighted by Crippen LogP contribution is 2.43. The lowest BCUT2D eigenvalue weighted by atomic mass is 10.0. The number of phosphoric acid groups is 1. The van der Waals surface area contributed by atoms with Crippen LogP contribution in [-0.4, -0.2) is 88.1 Å². The van der Waals surface area contributed by atoms with Gasteiger partial charge in [-0.25, -0.2) is 4.57 Å². The van der Waals surface area contributed by atoms with Crippen molar-refractivity contribution in [3.05, 3.63) is 72.9 Å². The third-order valence-electron chi connectivity index (χ3n) is 8.48. The van der Waals surface area contributed by atoms with E-state index in [4.69, 9.17) is 19.1 Å². The van der Waals surface area contributed by atoms with Gasteiger partial charge in [0.15, 0.2) is 6.10 Å². The molecule has 0 saturated carbocycles. The topological polar surface area (TPSA) is 189 Å². The van der Waals surface area contributed by atoms with Gasteiger partial charge in [0.1, 0.15) is 12.7 Å². The second-order valence-electron chi connectivity index (χ2n) is 14.5.